The number of fused-ring (bicyclic) bond motifs is 4. The third-order valence-corrected chi connectivity index (χ3v) is 15.5. The van der Waals surface area contributed by atoms with Crippen LogP contribution in [-0.4, -0.2) is 108 Å². The van der Waals surface area contributed by atoms with E-state index < -0.39 is 32.7 Å². The highest BCUT2D eigenvalue weighted by atomic mass is 35.5. The van der Waals surface area contributed by atoms with Crippen molar-refractivity contribution in [2.75, 3.05) is 80.2 Å². The first-order chi connectivity index (χ1) is 31.7. The molecule has 0 fully saturated rings. The van der Waals surface area contributed by atoms with Crippen LogP contribution < -0.4 is 32.0 Å². The lowest BCUT2D eigenvalue weighted by Crippen LogP contribution is -3.00. The van der Waals surface area contributed by atoms with E-state index >= 15 is 0 Å². The van der Waals surface area contributed by atoms with Crippen LogP contribution in [0.15, 0.2) is 83.3 Å². The largest absolute Gasteiger partial charge is 1.00 e. The number of rotatable bonds is 14. The summed E-state index contributed by atoms with van der Waals surface area (Å²) >= 11 is 0. The monoisotopic (exact) mass is 1010 g/mol. The molecule has 0 amide bonds. The van der Waals surface area contributed by atoms with Crippen LogP contribution >= 0.6 is 15.8 Å². The Bertz CT molecular complexity index is 2580. The number of halogens is 1. The van der Waals surface area contributed by atoms with Gasteiger partial charge in [0.05, 0.1) is 25.5 Å². The molecule has 13 nitrogen and oxygen atoms in total. The van der Waals surface area contributed by atoms with Gasteiger partial charge in [0, 0.05) is 73.7 Å². The molecule has 1 aliphatic carbocycles. The second-order valence-corrected chi connectivity index (χ2v) is 23.8. The molecule has 0 N–H and O–H groups in total. The molecule has 3 aromatic carbocycles. The first-order valence-corrected chi connectivity index (χ1v) is 26.6. The van der Waals surface area contributed by atoms with E-state index in [1.165, 1.54) is 5.56 Å². The van der Waals surface area contributed by atoms with Gasteiger partial charge in [0.1, 0.15) is 62.1 Å². The number of benzene rings is 4. The average molecular weight is 1010 g/mol. The van der Waals surface area contributed by atoms with Gasteiger partial charge in [-0.15, -0.1) is 0 Å². The lowest BCUT2D eigenvalue weighted by molar-refractivity contribution is -0.156. The molecule has 2 aliphatic heterocycles. The SMILES string of the molecule is CCOP(=O)(C1c2ccc(C)cc2Oc2cc(N(C)C)ccc21)N(C)CCC(=O)OC(C)(C)C.CCOP(C)N(C)CCC(=O)OC(C)(C)C.Cc1ccc2cc3ccc(=[N+](C)C)cc-3oc2c1.[Cl-]. The number of carbonyl (C=O) groups excluding carboxylic acids is 2. The number of anilines is 1. The molecule has 3 aliphatic rings. The summed E-state index contributed by atoms with van der Waals surface area (Å²) in [6, 6.07) is 26.6. The van der Waals surface area contributed by atoms with Gasteiger partial charge in [-0.2, -0.15) is 0 Å². The molecule has 3 unspecified atom stereocenters. The van der Waals surface area contributed by atoms with Gasteiger partial charge in [-0.05, 0) is 131 Å². The molecular formula is C53H77ClN4O9P2. The minimum Gasteiger partial charge on any atom is -1.00 e. The highest BCUT2D eigenvalue weighted by Gasteiger charge is 2.45. The van der Waals surface area contributed by atoms with Crippen molar-refractivity contribution < 1.29 is 54.2 Å². The first-order valence-electron chi connectivity index (χ1n) is 23.3. The van der Waals surface area contributed by atoms with Crippen LogP contribution in [0.3, 0.4) is 0 Å². The van der Waals surface area contributed by atoms with Crippen LogP contribution in [0.25, 0.3) is 22.3 Å². The predicted molar refractivity (Wildman–Crippen MR) is 278 cm³/mol. The maximum absolute atomic E-state index is 14.7. The smallest absolute Gasteiger partial charge is 0.307 e. The molecule has 3 atom stereocenters. The van der Waals surface area contributed by atoms with Crippen LogP contribution in [0.2, 0.25) is 0 Å². The Labute approximate surface area is 419 Å². The Hall–Kier alpha value is -4.32. The molecule has 0 saturated heterocycles. The van der Waals surface area contributed by atoms with Crippen molar-refractivity contribution in [3.8, 4) is 22.8 Å². The van der Waals surface area contributed by atoms with E-state index in [0.29, 0.717) is 31.1 Å². The van der Waals surface area contributed by atoms with Crippen molar-refractivity contribution in [1.82, 2.24) is 13.9 Å². The lowest BCUT2D eigenvalue weighted by atomic mass is 9.98. The van der Waals surface area contributed by atoms with Crippen molar-refractivity contribution in [3.63, 3.8) is 0 Å². The fraction of sp³-hybridized carbons (Fsp3) is 0.491. The van der Waals surface area contributed by atoms with Gasteiger partial charge in [0.2, 0.25) is 5.36 Å². The van der Waals surface area contributed by atoms with Crippen molar-refractivity contribution in [3.05, 3.63) is 106 Å². The Morgan fingerprint density at radius 1 is 0.739 bits per heavy atom. The van der Waals surface area contributed by atoms with Crippen LogP contribution in [0.5, 0.6) is 11.5 Å². The number of nitrogens with zero attached hydrogens (tertiary/aromatic N) is 4. The molecular weight excluding hydrogens is 934 g/mol. The Kier molecular flexibility index (Phi) is 22.0. The maximum atomic E-state index is 14.7. The average Bonchev–Trinajstić information content (AvgIpc) is 3.24. The van der Waals surface area contributed by atoms with E-state index in [4.69, 9.17) is 27.7 Å². The number of hydrogen-bond donors (Lipinski definition) is 0. The molecule has 0 bridgehead atoms. The fourth-order valence-electron chi connectivity index (χ4n) is 7.27. The zero-order chi connectivity index (χ0) is 50.7. The topological polar surface area (TPSA) is 123 Å². The minimum atomic E-state index is -3.48. The first kappa shape index (κ1) is 59.0. The summed E-state index contributed by atoms with van der Waals surface area (Å²) in [7, 11) is 7.66. The zero-order valence-electron chi connectivity index (χ0n) is 44.1. The maximum Gasteiger partial charge on any atom is 0.307 e. The number of carbonyl (C=O) groups is 2. The van der Waals surface area contributed by atoms with Crippen molar-refractivity contribution in [1.29, 1.82) is 0 Å². The molecule has 69 heavy (non-hydrogen) atoms. The van der Waals surface area contributed by atoms with E-state index in [1.807, 2.05) is 146 Å². The third kappa shape index (κ3) is 17.2. The van der Waals surface area contributed by atoms with E-state index in [-0.39, 0.29) is 43.9 Å². The van der Waals surface area contributed by atoms with Crippen LogP contribution in [-0.2, 0) is 32.7 Å². The summed E-state index contributed by atoms with van der Waals surface area (Å²) in [5.74, 6) is 1.78. The second kappa shape index (κ2) is 25.7. The number of aryl methyl sites for hydroxylation is 2. The van der Waals surface area contributed by atoms with Crippen LogP contribution in [0, 0.1) is 13.8 Å². The Balaban J connectivity index is 0.000000302. The lowest BCUT2D eigenvalue weighted by Gasteiger charge is -2.38. The summed E-state index contributed by atoms with van der Waals surface area (Å²) in [5, 5.41) is 2.30. The standard InChI is InChI=1S/C26H37N2O5P.C16H16NO.C11H24NO3P.ClH/c1-9-31-34(30,28(8)15-14-24(29)33-26(3,4)5)25-20-12-10-18(2)16-22(20)32-23-17-19(27(6)7)11-13-21(23)25;1-11-4-5-12-9-13-6-7-14(17(2)3)10-16(13)18-15(12)8-11;1-7-14-16(6)12(5)9-8-10(13)15-11(2,3)4;/h10-13,16-17,25H,9,14-15H2,1-8H3;4-10H,1-3H3;7-9H2,1-6H3;1H/q;+1;;/p-1. The van der Waals surface area contributed by atoms with Crippen molar-refractivity contribution in [2.45, 2.75) is 98.9 Å². The van der Waals surface area contributed by atoms with E-state index in [2.05, 4.69) is 58.6 Å². The highest BCUT2D eigenvalue weighted by molar-refractivity contribution is 7.57. The predicted octanol–water partition coefficient (Wildman–Crippen LogP) is 8.66. The van der Waals surface area contributed by atoms with E-state index in [1.54, 1.807) is 11.7 Å². The van der Waals surface area contributed by atoms with Crippen molar-refractivity contribution in [2.24, 2.45) is 0 Å². The molecule has 0 spiro atoms. The van der Waals surface area contributed by atoms with Crippen molar-refractivity contribution >= 4 is 44.4 Å². The summed E-state index contributed by atoms with van der Waals surface area (Å²) in [6.07, 6.45) is 0.523. The summed E-state index contributed by atoms with van der Waals surface area (Å²) in [4.78, 5) is 25.8. The third-order valence-electron chi connectivity index (χ3n) is 10.7. The Morgan fingerprint density at radius 2 is 1.30 bits per heavy atom. The molecule has 2 heterocycles. The highest BCUT2D eigenvalue weighted by Crippen LogP contribution is 2.68. The van der Waals surface area contributed by atoms with Gasteiger partial charge in [-0.25, -0.2) is 9.25 Å². The molecule has 0 saturated carbocycles. The Morgan fingerprint density at radius 3 is 1.87 bits per heavy atom. The fourth-order valence-corrected chi connectivity index (χ4v) is 10.8. The van der Waals surface area contributed by atoms with Gasteiger partial charge < -0.3 is 45.0 Å². The minimum absolute atomic E-state index is 0. The van der Waals surface area contributed by atoms with Gasteiger partial charge in [-0.3, -0.25) is 18.8 Å². The molecule has 0 radical (unpaired) electrons. The normalized spacial score (nSPS) is 14.4. The summed E-state index contributed by atoms with van der Waals surface area (Å²) in [5.41, 5.74) is 5.44. The molecule has 16 heteroatoms. The van der Waals surface area contributed by atoms with E-state index in [9.17, 15) is 14.2 Å². The molecule has 0 aromatic heterocycles. The second-order valence-electron chi connectivity index (χ2n) is 19.4. The number of hydrogen-bond acceptors (Lipinski definition) is 11. The van der Waals surface area contributed by atoms with Gasteiger partial charge in [0.15, 0.2) is 0 Å². The summed E-state index contributed by atoms with van der Waals surface area (Å²) in [6.45, 7) is 23.0. The van der Waals surface area contributed by atoms with Gasteiger partial charge in [0.25, 0.3) is 7.52 Å². The summed E-state index contributed by atoms with van der Waals surface area (Å²) < 4.78 is 55.0. The number of esters is 2. The van der Waals surface area contributed by atoms with E-state index in [0.717, 1.165) is 50.0 Å². The van der Waals surface area contributed by atoms with Gasteiger partial charge >= 0.3 is 11.9 Å². The van der Waals surface area contributed by atoms with Crippen LogP contribution in [0.1, 0.15) is 96.1 Å². The zero-order valence-corrected chi connectivity index (χ0v) is 46.6. The quantitative estimate of drug-likeness (QED) is 0.0458. The molecule has 6 rings (SSSR count). The number of ether oxygens (including phenoxy) is 3. The van der Waals surface area contributed by atoms with Gasteiger partial charge in [-0.1, -0.05) is 30.3 Å². The molecule has 380 valence electrons. The molecule has 3 aromatic rings. The van der Waals surface area contributed by atoms with Crippen LogP contribution in [0.4, 0.5) is 5.69 Å².